The monoisotopic (exact) mass is 534 g/mol. The van der Waals surface area contributed by atoms with E-state index < -0.39 is 21.0 Å². The predicted molar refractivity (Wildman–Crippen MR) is 159 cm³/mol. The average Bonchev–Trinajstić information content (AvgIpc) is 2.83. The molecule has 1 atom stereocenters. The smallest absolute Gasteiger partial charge is 0.150 e. The van der Waals surface area contributed by atoms with Crippen molar-refractivity contribution < 1.29 is 13.0 Å². The SMILES string of the molecule is CCCCCCCCCC[S+]([O-])CCCCCCCCCCS(=O)(=O)CCCCCCCCCC. The Bertz CT molecular complexity index is 508. The molecule has 0 saturated heterocycles. The minimum absolute atomic E-state index is 0.383. The molecule has 0 amide bonds. The van der Waals surface area contributed by atoms with Crippen LogP contribution < -0.4 is 0 Å². The highest BCUT2D eigenvalue weighted by atomic mass is 32.2. The quantitative estimate of drug-likeness (QED) is 0.0709. The molecule has 0 spiro atoms. The van der Waals surface area contributed by atoms with Crippen LogP contribution in [0.25, 0.3) is 0 Å². The number of hydrogen-bond acceptors (Lipinski definition) is 3. The van der Waals surface area contributed by atoms with Crippen LogP contribution >= 0.6 is 0 Å². The molecule has 0 aliphatic carbocycles. The summed E-state index contributed by atoms with van der Waals surface area (Å²) in [6.45, 7) is 4.49. The van der Waals surface area contributed by atoms with Crippen molar-refractivity contribution in [3.63, 3.8) is 0 Å². The van der Waals surface area contributed by atoms with Crippen LogP contribution in [0.1, 0.15) is 168 Å². The van der Waals surface area contributed by atoms with Gasteiger partial charge < -0.3 is 4.55 Å². The van der Waals surface area contributed by atoms with Gasteiger partial charge in [-0.25, -0.2) is 8.42 Å². The minimum atomic E-state index is -2.84. The van der Waals surface area contributed by atoms with Crippen molar-refractivity contribution in [1.82, 2.24) is 0 Å². The molecule has 5 heteroatoms. The van der Waals surface area contributed by atoms with Crippen molar-refractivity contribution >= 4 is 21.0 Å². The van der Waals surface area contributed by atoms with Crippen LogP contribution in [0.3, 0.4) is 0 Å². The largest absolute Gasteiger partial charge is 0.616 e. The third-order valence-electron chi connectivity index (χ3n) is 7.11. The standard InChI is InChI=1S/C30H62O3S2/c1-3-5-7-9-11-15-19-23-27-34(31)28-24-20-16-13-14-18-22-26-30-35(32,33)29-25-21-17-12-10-8-6-4-2/h3-30H2,1-2H3. The fraction of sp³-hybridized carbons (Fsp3) is 1.00. The van der Waals surface area contributed by atoms with Crippen LogP contribution in [0, 0.1) is 0 Å². The Labute approximate surface area is 224 Å². The van der Waals surface area contributed by atoms with Crippen LogP contribution in [0.5, 0.6) is 0 Å². The average molecular weight is 535 g/mol. The van der Waals surface area contributed by atoms with Crippen molar-refractivity contribution in [3.05, 3.63) is 0 Å². The molecule has 0 aliphatic heterocycles. The van der Waals surface area contributed by atoms with E-state index in [0.29, 0.717) is 11.5 Å². The summed E-state index contributed by atoms with van der Waals surface area (Å²) in [7, 11) is -2.84. The normalized spacial score (nSPS) is 12.9. The highest BCUT2D eigenvalue weighted by molar-refractivity contribution is 7.91. The summed E-state index contributed by atoms with van der Waals surface area (Å²) in [6.07, 6.45) is 29.1. The highest BCUT2D eigenvalue weighted by Crippen LogP contribution is 2.13. The minimum Gasteiger partial charge on any atom is -0.616 e. The lowest BCUT2D eigenvalue weighted by atomic mass is 10.1. The van der Waals surface area contributed by atoms with Gasteiger partial charge in [0.2, 0.25) is 0 Å². The number of rotatable bonds is 29. The van der Waals surface area contributed by atoms with Gasteiger partial charge >= 0.3 is 0 Å². The molecule has 0 saturated carbocycles. The molecular weight excluding hydrogens is 472 g/mol. The molecule has 0 N–H and O–H groups in total. The van der Waals surface area contributed by atoms with Crippen LogP contribution in [0.2, 0.25) is 0 Å². The van der Waals surface area contributed by atoms with Gasteiger partial charge in [-0.3, -0.25) is 0 Å². The number of hydrogen-bond donors (Lipinski definition) is 0. The van der Waals surface area contributed by atoms with Crippen molar-refractivity contribution in [1.29, 1.82) is 0 Å². The first-order valence-electron chi connectivity index (χ1n) is 15.6. The van der Waals surface area contributed by atoms with Gasteiger partial charge in [0.05, 0.1) is 11.5 Å². The molecule has 0 bridgehead atoms. The maximum Gasteiger partial charge on any atom is 0.150 e. The van der Waals surface area contributed by atoms with E-state index in [2.05, 4.69) is 13.8 Å². The molecule has 0 rings (SSSR count). The van der Waals surface area contributed by atoms with E-state index >= 15 is 0 Å². The lowest BCUT2D eigenvalue weighted by molar-refractivity contribution is 0.559. The fourth-order valence-corrected chi connectivity index (χ4v) is 7.45. The molecule has 0 aromatic heterocycles. The summed E-state index contributed by atoms with van der Waals surface area (Å²) < 4.78 is 36.5. The molecule has 3 nitrogen and oxygen atoms in total. The highest BCUT2D eigenvalue weighted by Gasteiger charge is 2.10. The van der Waals surface area contributed by atoms with Gasteiger partial charge in [0.15, 0.2) is 0 Å². The molecule has 212 valence electrons. The maximum atomic E-state index is 12.2. The molecule has 0 aromatic rings. The topological polar surface area (TPSA) is 57.2 Å². The van der Waals surface area contributed by atoms with Gasteiger partial charge in [-0.05, 0) is 38.5 Å². The van der Waals surface area contributed by atoms with E-state index in [1.54, 1.807) is 0 Å². The van der Waals surface area contributed by atoms with Crippen molar-refractivity contribution in [2.75, 3.05) is 23.0 Å². The fourth-order valence-electron chi connectivity index (χ4n) is 4.70. The van der Waals surface area contributed by atoms with Gasteiger partial charge in [-0.2, -0.15) is 0 Å². The van der Waals surface area contributed by atoms with Gasteiger partial charge in [0, 0.05) is 0 Å². The first-order chi connectivity index (χ1) is 17.0. The van der Waals surface area contributed by atoms with E-state index in [9.17, 15) is 13.0 Å². The van der Waals surface area contributed by atoms with Crippen LogP contribution in [0.4, 0.5) is 0 Å². The first kappa shape index (κ1) is 35.3. The van der Waals surface area contributed by atoms with Crippen LogP contribution in [-0.4, -0.2) is 36.0 Å². The van der Waals surface area contributed by atoms with E-state index in [1.807, 2.05) is 0 Å². The Morgan fingerprint density at radius 1 is 0.429 bits per heavy atom. The summed E-state index contributed by atoms with van der Waals surface area (Å²) >= 11 is -0.614. The van der Waals surface area contributed by atoms with Crippen molar-refractivity contribution in [2.45, 2.75) is 168 Å². The van der Waals surface area contributed by atoms with Gasteiger partial charge in [0.25, 0.3) is 0 Å². The summed E-state index contributed by atoms with van der Waals surface area (Å²) in [6, 6.07) is 0. The Hall–Kier alpha value is 0.260. The molecule has 35 heavy (non-hydrogen) atoms. The zero-order chi connectivity index (χ0) is 25.9. The van der Waals surface area contributed by atoms with Gasteiger partial charge in [-0.15, -0.1) is 0 Å². The summed E-state index contributed by atoms with van der Waals surface area (Å²) in [5.74, 6) is 2.56. The van der Waals surface area contributed by atoms with Crippen LogP contribution in [0.15, 0.2) is 0 Å². The van der Waals surface area contributed by atoms with Crippen molar-refractivity contribution in [2.24, 2.45) is 0 Å². The molecule has 0 aliphatic rings. The summed E-state index contributed by atoms with van der Waals surface area (Å²) in [5.41, 5.74) is 0. The molecule has 0 fully saturated rings. The number of unbranched alkanes of at least 4 members (excludes halogenated alkanes) is 21. The Kier molecular flexibility index (Phi) is 27.5. The van der Waals surface area contributed by atoms with Crippen molar-refractivity contribution in [3.8, 4) is 0 Å². The molecule has 0 aromatic carbocycles. The zero-order valence-electron chi connectivity index (χ0n) is 23.8. The second kappa shape index (κ2) is 27.3. The Morgan fingerprint density at radius 2 is 0.686 bits per heavy atom. The molecule has 0 radical (unpaired) electrons. The maximum absolute atomic E-state index is 12.2. The third-order valence-corrected chi connectivity index (χ3v) is 10.4. The van der Waals surface area contributed by atoms with E-state index in [4.69, 9.17) is 0 Å². The van der Waals surface area contributed by atoms with Gasteiger partial charge in [-0.1, -0.05) is 141 Å². The molecular formula is C30H62O3S2. The second-order valence-corrected chi connectivity index (χ2v) is 14.8. The summed E-state index contributed by atoms with van der Waals surface area (Å²) in [4.78, 5) is 0. The van der Waals surface area contributed by atoms with Crippen LogP contribution in [-0.2, 0) is 21.0 Å². The lowest BCUT2D eigenvalue weighted by Crippen LogP contribution is -2.11. The van der Waals surface area contributed by atoms with E-state index in [0.717, 1.165) is 56.5 Å². The predicted octanol–water partition coefficient (Wildman–Crippen LogP) is 9.55. The lowest BCUT2D eigenvalue weighted by Gasteiger charge is -2.11. The molecule has 1 unspecified atom stereocenters. The Morgan fingerprint density at radius 3 is 1.00 bits per heavy atom. The third kappa shape index (κ3) is 28.7. The van der Waals surface area contributed by atoms with Gasteiger partial charge in [0.1, 0.15) is 21.3 Å². The molecule has 0 heterocycles. The first-order valence-corrected chi connectivity index (χ1v) is 18.9. The second-order valence-electron chi connectivity index (χ2n) is 10.8. The number of sulfone groups is 1. The Balaban J connectivity index is 3.36. The summed E-state index contributed by atoms with van der Waals surface area (Å²) in [5, 5.41) is 0. The van der Waals surface area contributed by atoms with E-state index in [-0.39, 0.29) is 0 Å². The van der Waals surface area contributed by atoms with E-state index in [1.165, 1.54) is 109 Å². The zero-order valence-corrected chi connectivity index (χ0v) is 25.5.